The van der Waals surface area contributed by atoms with E-state index in [2.05, 4.69) is 0 Å². The molecule has 28 heavy (non-hydrogen) atoms. The number of carbonyl (C=O) groups excluding carboxylic acids is 1. The highest BCUT2D eigenvalue weighted by atomic mass is 35.5. The van der Waals surface area contributed by atoms with Crippen LogP contribution in [-0.2, 0) is 0 Å². The number of ether oxygens (including phenoxy) is 1. The molecule has 2 aromatic carbocycles. The SMILES string of the molecule is CCOc1cccc(C(=O)N2CCN(c3c(F)c(F)c(Cl)c(F)c3F)CC2)c1. The molecule has 3 rings (SSSR count). The summed E-state index contributed by atoms with van der Waals surface area (Å²) in [6.07, 6.45) is 0. The molecule has 0 N–H and O–H groups in total. The van der Waals surface area contributed by atoms with E-state index in [-0.39, 0.29) is 32.1 Å². The van der Waals surface area contributed by atoms with Gasteiger partial charge in [-0.25, -0.2) is 17.6 Å². The highest BCUT2D eigenvalue weighted by Crippen LogP contribution is 2.34. The molecule has 1 heterocycles. The quantitative estimate of drug-likeness (QED) is 0.424. The molecule has 1 aliphatic heterocycles. The van der Waals surface area contributed by atoms with Crippen LogP contribution < -0.4 is 9.64 Å². The van der Waals surface area contributed by atoms with Crippen LogP contribution in [0.3, 0.4) is 0 Å². The molecule has 0 bridgehead atoms. The van der Waals surface area contributed by atoms with Gasteiger partial charge >= 0.3 is 0 Å². The molecule has 4 nitrogen and oxygen atoms in total. The van der Waals surface area contributed by atoms with E-state index < -0.39 is 34.0 Å². The Morgan fingerprint density at radius 1 is 1.04 bits per heavy atom. The number of piperazine rings is 1. The Bertz CT molecular complexity index is 873. The first-order valence-corrected chi connectivity index (χ1v) is 9.01. The first-order valence-electron chi connectivity index (χ1n) is 8.63. The summed E-state index contributed by atoms with van der Waals surface area (Å²) in [7, 11) is 0. The molecule has 0 aromatic heterocycles. The van der Waals surface area contributed by atoms with E-state index >= 15 is 0 Å². The lowest BCUT2D eigenvalue weighted by molar-refractivity contribution is 0.0746. The van der Waals surface area contributed by atoms with Gasteiger partial charge in [0.25, 0.3) is 5.91 Å². The van der Waals surface area contributed by atoms with Gasteiger partial charge in [0, 0.05) is 31.7 Å². The van der Waals surface area contributed by atoms with Crippen LogP contribution in [0.1, 0.15) is 17.3 Å². The first kappa shape index (κ1) is 20.3. The number of hydrogen-bond donors (Lipinski definition) is 0. The fourth-order valence-corrected chi connectivity index (χ4v) is 3.24. The minimum absolute atomic E-state index is 0.00520. The highest BCUT2D eigenvalue weighted by Gasteiger charge is 2.31. The van der Waals surface area contributed by atoms with E-state index in [0.29, 0.717) is 17.9 Å². The summed E-state index contributed by atoms with van der Waals surface area (Å²) in [5.41, 5.74) is -0.398. The van der Waals surface area contributed by atoms with Gasteiger partial charge in [0.1, 0.15) is 16.5 Å². The molecule has 1 saturated heterocycles. The summed E-state index contributed by atoms with van der Waals surface area (Å²) < 4.78 is 61.0. The third-order valence-electron chi connectivity index (χ3n) is 4.46. The van der Waals surface area contributed by atoms with Crippen LogP contribution in [0.4, 0.5) is 23.2 Å². The average Bonchev–Trinajstić information content (AvgIpc) is 2.71. The summed E-state index contributed by atoms with van der Waals surface area (Å²) in [6.45, 7) is 2.55. The highest BCUT2D eigenvalue weighted by molar-refractivity contribution is 6.31. The van der Waals surface area contributed by atoms with E-state index in [1.54, 1.807) is 24.3 Å². The van der Waals surface area contributed by atoms with E-state index in [9.17, 15) is 22.4 Å². The topological polar surface area (TPSA) is 32.8 Å². The average molecular weight is 417 g/mol. The number of hydrogen-bond acceptors (Lipinski definition) is 3. The van der Waals surface area contributed by atoms with Crippen molar-refractivity contribution in [1.29, 1.82) is 0 Å². The summed E-state index contributed by atoms with van der Waals surface area (Å²) in [6, 6.07) is 6.67. The third-order valence-corrected chi connectivity index (χ3v) is 4.79. The Morgan fingerprint density at radius 3 is 2.21 bits per heavy atom. The van der Waals surface area contributed by atoms with Gasteiger partial charge in [-0.2, -0.15) is 0 Å². The van der Waals surface area contributed by atoms with Gasteiger partial charge in [0.2, 0.25) is 0 Å². The number of halogens is 5. The Morgan fingerprint density at radius 2 is 1.64 bits per heavy atom. The van der Waals surface area contributed by atoms with Gasteiger partial charge in [0.15, 0.2) is 23.3 Å². The van der Waals surface area contributed by atoms with Gasteiger partial charge in [-0.05, 0) is 25.1 Å². The summed E-state index contributed by atoms with van der Waals surface area (Å²) in [4.78, 5) is 15.3. The molecule has 2 aromatic rings. The zero-order chi connectivity index (χ0) is 20.4. The van der Waals surface area contributed by atoms with Crippen molar-refractivity contribution in [3.8, 4) is 5.75 Å². The van der Waals surface area contributed by atoms with Crippen molar-refractivity contribution in [2.75, 3.05) is 37.7 Å². The maximum Gasteiger partial charge on any atom is 0.254 e. The minimum Gasteiger partial charge on any atom is -0.494 e. The summed E-state index contributed by atoms with van der Waals surface area (Å²) in [5, 5.41) is -1.22. The van der Waals surface area contributed by atoms with Crippen molar-refractivity contribution in [2.45, 2.75) is 6.92 Å². The van der Waals surface area contributed by atoms with E-state index in [1.807, 2.05) is 6.92 Å². The predicted octanol–water partition coefficient (Wildman–Crippen LogP) is 4.26. The molecule has 1 fully saturated rings. The van der Waals surface area contributed by atoms with Crippen LogP contribution in [-0.4, -0.2) is 43.6 Å². The second kappa shape index (κ2) is 8.26. The minimum atomic E-state index is -1.64. The van der Waals surface area contributed by atoms with Crippen LogP contribution in [0.5, 0.6) is 5.75 Å². The van der Waals surface area contributed by atoms with E-state index in [1.165, 1.54) is 4.90 Å². The molecule has 1 aliphatic rings. The molecule has 0 atom stereocenters. The maximum absolute atomic E-state index is 14.1. The predicted molar refractivity (Wildman–Crippen MR) is 97.0 cm³/mol. The number of anilines is 1. The second-order valence-corrected chi connectivity index (χ2v) is 6.54. The largest absolute Gasteiger partial charge is 0.494 e. The zero-order valence-corrected chi connectivity index (χ0v) is 15.7. The lowest BCUT2D eigenvalue weighted by Gasteiger charge is -2.36. The molecule has 0 aliphatic carbocycles. The van der Waals surface area contributed by atoms with E-state index in [4.69, 9.17) is 16.3 Å². The van der Waals surface area contributed by atoms with Crippen LogP contribution in [0.15, 0.2) is 24.3 Å². The Hall–Kier alpha value is -2.48. The zero-order valence-electron chi connectivity index (χ0n) is 14.9. The molecule has 9 heteroatoms. The molecule has 1 amide bonds. The number of benzene rings is 2. The summed E-state index contributed by atoms with van der Waals surface area (Å²) >= 11 is 5.26. The number of amides is 1. The molecule has 0 radical (unpaired) electrons. The fourth-order valence-electron chi connectivity index (χ4n) is 3.07. The number of nitrogens with zero attached hydrogens (tertiary/aromatic N) is 2. The standard InChI is InChI=1S/C19H17ClF4N2O2/c1-2-28-12-5-3-4-11(10-12)19(27)26-8-6-25(7-9-26)18-16(23)14(21)13(20)15(22)17(18)24/h3-5,10H,2,6-9H2,1H3. The van der Waals surface area contributed by atoms with Crippen molar-refractivity contribution in [1.82, 2.24) is 4.90 Å². The Labute approximate surface area is 164 Å². The monoisotopic (exact) mass is 416 g/mol. The van der Waals surface area contributed by atoms with Gasteiger partial charge in [-0.15, -0.1) is 0 Å². The molecule has 0 saturated carbocycles. The molecule has 0 unspecified atom stereocenters. The molecular formula is C19H17ClF4N2O2. The van der Waals surface area contributed by atoms with Gasteiger partial charge in [-0.1, -0.05) is 17.7 Å². The Kier molecular flexibility index (Phi) is 5.98. The van der Waals surface area contributed by atoms with Crippen LogP contribution in [0.25, 0.3) is 0 Å². The van der Waals surface area contributed by atoms with Gasteiger partial charge in [0.05, 0.1) is 6.61 Å². The van der Waals surface area contributed by atoms with Crippen molar-refractivity contribution >= 4 is 23.2 Å². The summed E-state index contributed by atoms with van der Waals surface area (Å²) in [5.74, 6) is -6.08. The molecule has 150 valence electrons. The van der Waals surface area contributed by atoms with E-state index in [0.717, 1.165) is 4.90 Å². The lowest BCUT2D eigenvalue weighted by Crippen LogP contribution is -2.49. The lowest BCUT2D eigenvalue weighted by atomic mass is 10.1. The maximum atomic E-state index is 14.1. The van der Waals surface area contributed by atoms with Crippen molar-refractivity contribution in [3.63, 3.8) is 0 Å². The third kappa shape index (κ3) is 3.73. The van der Waals surface area contributed by atoms with Crippen LogP contribution in [0, 0.1) is 23.3 Å². The van der Waals surface area contributed by atoms with Crippen molar-refractivity contribution in [3.05, 3.63) is 58.1 Å². The van der Waals surface area contributed by atoms with Crippen molar-refractivity contribution < 1.29 is 27.1 Å². The van der Waals surface area contributed by atoms with Crippen molar-refractivity contribution in [2.24, 2.45) is 0 Å². The van der Waals surface area contributed by atoms with Crippen LogP contribution >= 0.6 is 11.6 Å². The van der Waals surface area contributed by atoms with Gasteiger partial charge in [-0.3, -0.25) is 4.79 Å². The van der Waals surface area contributed by atoms with Crippen LogP contribution in [0.2, 0.25) is 5.02 Å². The first-order chi connectivity index (χ1) is 13.3. The normalized spacial score (nSPS) is 14.4. The smallest absolute Gasteiger partial charge is 0.254 e. The Balaban J connectivity index is 1.75. The fraction of sp³-hybridized carbons (Fsp3) is 0.316. The molecular weight excluding hydrogens is 400 g/mol. The number of carbonyl (C=O) groups is 1. The van der Waals surface area contributed by atoms with Gasteiger partial charge < -0.3 is 14.5 Å². The number of rotatable bonds is 4. The second-order valence-electron chi connectivity index (χ2n) is 6.16. The molecule has 0 spiro atoms.